The Bertz CT molecular complexity index is 1080. The third-order valence-corrected chi connectivity index (χ3v) is 3.53. The number of rotatable bonds is 4. The molecule has 0 spiro atoms. The van der Waals surface area contributed by atoms with Crippen molar-refractivity contribution in [2.75, 3.05) is 0 Å². The van der Waals surface area contributed by atoms with Crippen LogP contribution in [0.5, 0.6) is 11.5 Å². The maximum absolute atomic E-state index is 13.9. The van der Waals surface area contributed by atoms with E-state index >= 15 is 0 Å². The van der Waals surface area contributed by atoms with Gasteiger partial charge in [0.2, 0.25) is 11.6 Å². The molecule has 3 rings (SSSR count). The van der Waals surface area contributed by atoms with E-state index in [-0.39, 0.29) is 28.3 Å². The number of aromatic hydroxyl groups is 1. The molecule has 2 N–H and O–H groups in total. The summed E-state index contributed by atoms with van der Waals surface area (Å²) in [6.45, 7) is 3.56. The van der Waals surface area contributed by atoms with E-state index in [1.165, 1.54) is 18.2 Å². The Labute approximate surface area is 139 Å². The number of fused-ring (bicyclic) bond motifs is 1. The van der Waals surface area contributed by atoms with Gasteiger partial charge in [0, 0.05) is 17.2 Å². The first-order chi connectivity index (χ1) is 11.7. The number of benzene rings is 2. The molecular weight excluding hydrogens is 360 g/mol. The Balaban J connectivity index is 2.14. The van der Waals surface area contributed by atoms with Gasteiger partial charge in [0.25, 0.3) is 0 Å². The summed E-state index contributed by atoms with van der Waals surface area (Å²) in [7, 11) is -5.09. The van der Waals surface area contributed by atoms with Gasteiger partial charge in [-0.05, 0) is 18.2 Å². The minimum Gasteiger partial charge on any atom is -0.508 e. The van der Waals surface area contributed by atoms with Crippen LogP contribution in [-0.4, -0.2) is 23.1 Å². The fourth-order valence-electron chi connectivity index (χ4n) is 2.19. The van der Waals surface area contributed by atoms with Gasteiger partial charge in [-0.3, -0.25) is 4.55 Å². The molecule has 10 heteroatoms. The molecule has 1 aromatic heterocycles. The average Bonchev–Trinajstić information content (AvgIpc) is 2.92. The van der Waals surface area contributed by atoms with Gasteiger partial charge in [0.1, 0.15) is 11.3 Å². The summed E-state index contributed by atoms with van der Waals surface area (Å²) in [5.41, 5.74) is 0.732. The molecule has 0 fully saturated rings. The molecule has 0 saturated carbocycles. The average molecular weight is 369 g/mol. The number of halogens is 2. The quantitative estimate of drug-likeness (QED) is 0.679. The second-order valence-electron chi connectivity index (χ2n) is 4.89. The highest BCUT2D eigenvalue weighted by molar-refractivity contribution is 7.81. The highest BCUT2D eigenvalue weighted by Gasteiger charge is 2.21. The number of aromatic nitrogens is 1. The fourth-order valence-corrected chi connectivity index (χ4v) is 2.56. The molecule has 0 bridgehead atoms. The van der Waals surface area contributed by atoms with E-state index in [1.54, 1.807) is 0 Å². The molecule has 130 valence electrons. The van der Waals surface area contributed by atoms with Crippen LogP contribution in [0.1, 0.15) is 5.56 Å². The molecule has 0 aliphatic carbocycles. The topological polar surface area (TPSA) is 110 Å². The minimum absolute atomic E-state index is 0.100. The standard InChI is InChI=1S/C15H9F2NO6S/c1-2-7-3-9(19)6-12-13(7)23-15(18-12)8-4-10(16)14(11(17)5-8)24-25(20,21)22/h2-6,19H,1H2,(H,20,21,22). The van der Waals surface area contributed by atoms with Crippen LogP contribution in [0.4, 0.5) is 8.78 Å². The Morgan fingerprint density at radius 3 is 2.40 bits per heavy atom. The van der Waals surface area contributed by atoms with Gasteiger partial charge < -0.3 is 13.7 Å². The highest BCUT2D eigenvalue weighted by Crippen LogP contribution is 2.33. The van der Waals surface area contributed by atoms with Crippen molar-refractivity contribution in [3.05, 3.63) is 48.0 Å². The monoisotopic (exact) mass is 369 g/mol. The van der Waals surface area contributed by atoms with Gasteiger partial charge in [0.05, 0.1) is 0 Å². The van der Waals surface area contributed by atoms with Gasteiger partial charge in [0.15, 0.2) is 17.2 Å². The van der Waals surface area contributed by atoms with Crippen molar-refractivity contribution < 1.29 is 35.5 Å². The minimum atomic E-state index is -5.09. The smallest absolute Gasteiger partial charge is 0.446 e. The number of hydrogen-bond acceptors (Lipinski definition) is 6. The van der Waals surface area contributed by atoms with Crippen molar-refractivity contribution in [1.29, 1.82) is 0 Å². The molecule has 7 nitrogen and oxygen atoms in total. The van der Waals surface area contributed by atoms with Crippen LogP contribution in [0.2, 0.25) is 0 Å². The van der Waals surface area contributed by atoms with Crippen LogP contribution in [0, 0.1) is 11.6 Å². The summed E-state index contributed by atoms with van der Waals surface area (Å²) in [4.78, 5) is 4.02. The molecule has 0 saturated heterocycles. The Hall–Kier alpha value is -2.98. The van der Waals surface area contributed by atoms with E-state index in [2.05, 4.69) is 15.7 Å². The van der Waals surface area contributed by atoms with Crippen molar-refractivity contribution in [1.82, 2.24) is 4.98 Å². The van der Waals surface area contributed by atoms with Gasteiger partial charge in [-0.2, -0.15) is 8.42 Å². The molecule has 25 heavy (non-hydrogen) atoms. The third-order valence-electron chi connectivity index (χ3n) is 3.16. The predicted molar refractivity (Wildman–Crippen MR) is 83.3 cm³/mol. The largest absolute Gasteiger partial charge is 0.508 e. The predicted octanol–water partition coefficient (Wildman–Crippen LogP) is 3.30. The van der Waals surface area contributed by atoms with Crippen LogP contribution in [0.25, 0.3) is 28.6 Å². The van der Waals surface area contributed by atoms with Crippen LogP contribution in [-0.2, 0) is 10.4 Å². The van der Waals surface area contributed by atoms with E-state index in [0.29, 0.717) is 5.56 Å². The maximum Gasteiger partial charge on any atom is 0.446 e. The van der Waals surface area contributed by atoms with Crippen molar-refractivity contribution in [2.24, 2.45) is 0 Å². The first kappa shape index (κ1) is 16.9. The number of phenolic OH excluding ortho intramolecular Hbond substituents is 1. The van der Waals surface area contributed by atoms with Crippen LogP contribution >= 0.6 is 0 Å². The number of oxazole rings is 1. The number of hydrogen-bond donors (Lipinski definition) is 2. The maximum atomic E-state index is 13.9. The molecule has 3 aromatic rings. The summed E-state index contributed by atoms with van der Waals surface area (Å²) in [6.07, 6.45) is 1.40. The van der Waals surface area contributed by atoms with E-state index in [0.717, 1.165) is 12.1 Å². The number of phenols is 1. The zero-order chi connectivity index (χ0) is 18.4. The molecule has 0 aliphatic rings. The van der Waals surface area contributed by atoms with Crippen molar-refractivity contribution in [3.63, 3.8) is 0 Å². The molecule has 0 aliphatic heterocycles. The van der Waals surface area contributed by atoms with Crippen molar-refractivity contribution >= 4 is 27.6 Å². The normalized spacial score (nSPS) is 11.6. The molecular formula is C15H9F2NO6S. The summed E-state index contributed by atoms with van der Waals surface area (Å²) < 4.78 is 66.9. The van der Waals surface area contributed by atoms with Crippen LogP contribution < -0.4 is 4.18 Å². The fraction of sp³-hybridized carbons (Fsp3) is 0. The lowest BCUT2D eigenvalue weighted by Gasteiger charge is -2.05. The lowest BCUT2D eigenvalue weighted by molar-refractivity contribution is 0.364. The second kappa shape index (κ2) is 5.83. The summed E-state index contributed by atoms with van der Waals surface area (Å²) in [5, 5.41) is 9.61. The molecule has 0 amide bonds. The van der Waals surface area contributed by atoms with Gasteiger partial charge >= 0.3 is 10.4 Å². The first-order valence-corrected chi connectivity index (χ1v) is 7.97. The number of nitrogens with zero attached hydrogens (tertiary/aromatic N) is 1. The van der Waals surface area contributed by atoms with Crippen molar-refractivity contribution in [2.45, 2.75) is 0 Å². The van der Waals surface area contributed by atoms with Gasteiger partial charge in [-0.1, -0.05) is 12.7 Å². The lowest BCUT2D eigenvalue weighted by atomic mass is 10.2. The van der Waals surface area contributed by atoms with E-state index in [4.69, 9.17) is 8.97 Å². The highest BCUT2D eigenvalue weighted by atomic mass is 32.3. The summed E-state index contributed by atoms with van der Waals surface area (Å²) in [6, 6.07) is 4.11. The molecule has 0 atom stereocenters. The Morgan fingerprint density at radius 1 is 1.20 bits per heavy atom. The Morgan fingerprint density at radius 2 is 1.84 bits per heavy atom. The van der Waals surface area contributed by atoms with E-state index in [1.807, 2.05) is 0 Å². The molecule has 2 aromatic carbocycles. The summed E-state index contributed by atoms with van der Waals surface area (Å²) >= 11 is 0. The SMILES string of the molecule is C=Cc1cc(O)cc2nc(-c3cc(F)c(OS(=O)(=O)O)c(F)c3)oc12. The first-order valence-electron chi connectivity index (χ1n) is 6.60. The van der Waals surface area contributed by atoms with E-state index < -0.39 is 27.8 Å². The molecule has 0 unspecified atom stereocenters. The molecule has 1 heterocycles. The van der Waals surface area contributed by atoms with Crippen LogP contribution in [0.15, 0.2) is 35.3 Å². The lowest BCUT2D eigenvalue weighted by Crippen LogP contribution is -2.09. The molecule has 0 radical (unpaired) electrons. The van der Waals surface area contributed by atoms with Crippen molar-refractivity contribution in [3.8, 4) is 23.0 Å². The third kappa shape index (κ3) is 3.30. The van der Waals surface area contributed by atoms with Gasteiger partial charge in [-0.15, -0.1) is 0 Å². The van der Waals surface area contributed by atoms with Gasteiger partial charge in [-0.25, -0.2) is 13.8 Å². The van der Waals surface area contributed by atoms with E-state index in [9.17, 15) is 22.3 Å². The zero-order valence-electron chi connectivity index (χ0n) is 12.2. The zero-order valence-corrected chi connectivity index (χ0v) is 13.0. The second-order valence-corrected chi connectivity index (χ2v) is 5.91. The van der Waals surface area contributed by atoms with Crippen LogP contribution in [0.3, 0.4) is 0 Å². The summed E-state index contributed by atoms with van der Waals surface area (Å²) in [5.74, 6) is -4.34. The Kier molecular flexibility index (Phi) is 3.93.